The molecule has 1 aliphatic carbocycles. The topological polar surface area (TPSA) is 48.1 Å². The van der Waals surface area contributed by atoms with Gasteiger partial charge < -0.3 is 10.5 Å². The van der Waals surface area contributed by atoms with Crippen LogP contribution in [0, 0.1) is 5.92 Å². The number of pyridine rings is 1. The maximum atomic E-state index is 12.9. The van der Waals surface area contributed by atoms with E-state index in [-0.39, 0.29) is 18.8 Å². The van der Waals surface area contributed by atoms with Crippen molar-refractivity contribution < 1.29 is 13.5 Å². The van der Waals surface area contributed by atoms with Gasteiger partial charge in [0.2, 0.25) is 5.92 Å². The van der Waals surface area contributed by atoms with Crippen LogP contribution >= 0.6 is 0 Å². The molecule has 1 aromatic heterocycles. The van der Waals surface area contributed by atoms with Crippen LogP contribution in [0.4, 0.5) is 14.5 Å². The van der Waals surface area contributed by atoms with Crippen LogP contribution in [0.5, 0.6) is 5.75 Å². The summed E-state index contributed by atoms with van der Waals surface area (Å²) in [4.78, 5) is 3.90. The molecule has 0 unspecified atom stereocenters. The fraction of sp³-hybridized carbons (Fsp3) is 0.583. The van der Waals surface area contributed by atoms with Crippen LogP contribution in [0.3, 0.4) is 0 Å². The molecule has 3 nitrogen and oxygen atoms in total. The van der Waals surface area contributed by atoms with Crippen molar-refractivity contribution >= 4 is 5.69 Å². The predicted octanol–water partition coefficient (Wildman–Crippen LogP) is 2.87. The van der Waals surface area contributed by atoms with E-state index in [1.807, 2.05) is 0 Å². The summed E-state index contributed by atoms with van der Waals surface area (Å²) in [7, 11) is 0. The molecule has 0 amide bonds. The number of aromatic nitrogens is 1. The normalized spacial score (nSPS) is 20.1. The third-order valence-corrected chi connectivity index (χ3v) is 3.06. The first-order chi connectivity index (χ1) is 8.05. The lowest BCUT2D eigenvalue weighted by Crippen LogP contribution is -2.27. The number of hydrogen-bond acceptors (Lipinski definition) is 3. The van der Waals surface area contributed by atoms with Crippen LogP contribution in [-0.2, 0) is 0 Å². The average molecular weight is 242 g/mol. The van der Waals surface area contributed by atoms with Crippen molar-refractivity contribution in [2.24, 2.45) is 5.92 Å². The molecule has 5 heteroatoms. The zero-order valence-corrected chi connectivity index (χ0v) is 9.53. The molecule has 0 spiro atoms. The summed E-state index contributed by atoms with van der Waals surface area (Å²) in [5, 5.41) is 0. The van der Waals surface area contributed by atoms with Crippen LogP contribution < -0.4 is 10.5 Å². The number of rotatable bonds is 3. The van der Waals surface area contributed by atoms with Crippen molar-refractivity contribution in [3.63, 3.8) is 0 Å². The number of nitrogens with two attached hydrogens (primary N) is 1. The molecule has 2 rings (SSSR count). The van der Waals surface area contributed by atoms with Gasteiger partial charge in [-0.05, 0) is 18.8 Å². The Balaban J connectivity index is 1.80. The van der Waals surface area contributed by atoms with Gasteiger partial charge in [-0.3, -0.25) is 4.98 Å². The highest BCUT2D eigenvalue weighted by molar-refractivity contribution is 5.39. The molecule has 17 heavy (non-hydrogen) atoms. The highest BCUT2D eigenvalue weighted by atomic mass is 19.3. The van der Waals surface area contributed by atoms with Crippen molar-refractivity contribution in [1.82, 2.24) is 4.98 Å². The molecule has 2 N–H and O–H groups in total. The lowest BCUT2D eigenvalue weighted by molar-refractivity contribution is -0.0498. The van der Waals surface area contributed by atoms with Crippen molar-refractivity contribution in [2.75, 3.05) is 12.3 Å². The Morgan fingerprint density at radius 2 is 2.06 bits per heavy atom. The molecule has 1 heterocycles. The third kappa shape index (κ3) is 3.54. The highest BCUT2D eigenvalue weighted by Crippen LogP contribution is 2.36. The number of ether oxygens (including phenoxy) is 1. The molecule has 1 fully saturated rings. The van der Waals surface area contributed by atoms with Crippen LogP contribution in [0.15, 0.2) is 18.5 Å². The zero-order valence-electron chi connectivity index (χ0n) is 9.53. The van der Waals surface area contributed by atoms with Crippen molar-refractivity contribution in [3.8, 4) is 5.75 Å². The van der Waals surface area contributed by atoms with Gasteiger partial charge >= 0.3 is 0 Å². The summed E-state index contributed by atoms with van der Waals surface area (Å²) in [5.74, 6) is -1.67. The van der Waals surface area contributed by atoms with E-state index in [0.717, 1.165) is 0 Å². The molecule has 0 radical (unpaired) electrons. The van der Waals surface area contributed by atoms with E-state index < -0.39 is 5.92 Å². The molecule has 94 valence electrons. The number of alkyl halides is 2. The molecule has 0 saturated heterocycles. The van der Waals surface area contributed by atoms with Crippen molar-refractivity contribution in [2.45, 2.75) is 31.6 Å². The standard InChI is InChI=1S/C12H16F2N2O/c13-12(14)3-1-9(2-4-12)8-17-11-5-10(15)6-16-7-11/h5-7,9H,1-4,8,15H2. The molecule has 1 aromatic rings. The number of nitrogens with zero attached hydrogens (tertiary/aromatic N) is 1. The SMILES string of the molecule is Nc1cncc(OCC2CCC(F)(F)CC2)c1. The Kier molecular flexibility index (Phi) is 3.45. The quantitative estimate of drug-likeness (QED) is 0.886. The number of hydrogen-bond donors (Lipinski definition) is 1. The van der Waals surface area contributed by atoms with Gasteiger partial charge in [-0.2, -0.15) is 0 Å². The van der Waals surface area contributed by atoms with Crippen LogP contribution in [-0.4, -0.2) is 17.5 Å². The van der Waals surface area contributed by atoms with E-state index in [1.54, 1.807) is 12.3 Å². The minimum atomic E-state index is -2.48. The van der Waals surface area contributed by atoms with Gasteiger partial charge in [-0.15, -0.1) is 0 Å². The van der Waals surface area contributed by atoms with Gasteiger partial charge in [0.25, 0.3) is 0 Å². The van der Waals surface area contributed by atoms with Crippen molar-refractivity contribution in [1.29, 1.82) is 0 Å². The Bertz CT molecular complexity index is 375. The first-order valence-electron chi connectivity index (χ1n) is 5.76. The second-order valence-electron chi connectivity index (χ2n) is 4.56. The van der Waals surface area contributed by atoms with Crippen molar-refractivity contribution in [3.05, 3.63) is 18.5 Å². The van der Waals surface area contributed by atoms with E-state index in [4.69, 9.17) is 10.5 Å². The van der Waals surface area contributed by atoms with Gasteiger partial charge in [0.1, 0.15) is 5.75 Å². The smallest absolute Gasteiger partial charge is 0.248 e. The number of nitrogen functional groups attached to an aromatic ring is 1. The first kappa shape index (κ1) is 12.1. The Morgan fingerprint density at radius 1 is 1.35 bits per heavy atom. The van der Waals surface area contributed by atoms with Gasteiger partial charge in [-0.1, -0.05) is 0 Å². The Morgan fingerprint density at radius 3 is 2.71 bits per heavy atom. The largest absolute Gasteiger partial charge is 0.492 e. The van der Waals surface area contributed by atoms with E-state index in [9.17, 15) is 8.78 Å². The molecule has 0 atom stereocenters. The van der Waals surface area contributed by atoms with E-state index in [2.05, 4.69) is 4.98 Å². The third-order valence-electron chi connectivity index (χ3n) is 3.06. The van der Waals surface area contributed by atoms with Gasteiger partial charge in [0, 0.05) is 18.9 Å². The average Bonchev–Trinajstić information content (AvgIpc) is 2.28. The molecule has 0 aliphatic heterocycles. The maximum Gasteiger partial charge on any atom is 0.248 e. The minimum Gasteiger partial charge on any atom is -0.492 e. The number of halogens is 2. The first-order valence-corrected chi connectivity index (χ1v) is 5.76. The Labute approximate surface area is 99.0 Å². The fourth-order valence-electron chi connectivity index (χ4n) is 2.00. The van der Waals surface area contributed by atoms with Gasteiger partial charge in [0.15, 0.2) is 0 Å². The molecular formula is C12H16F2N2O. The maximum absolute atomic E-state index is 12.9. The van der Waals surface area contributed by atoms with E-state index in [0.29, 0.717) is 30.9 Å². The predicted molar refractivity (Wildman–Crippen MR) is 61.0 cm³/mol. The minimum absolute atomic E-state index is 0.0315. The molecule has 0 aromatic carbocycles. The fourth-order valence-corrected chi connectivity index (χ4v) is 2.00. The second kappa shape index (κ2) is 4.85. The lowest BCUT2D eigenvalue weighted by Gasteiger charge is -2.27. The van der Waals surface area contributed by atoms with Crippen LogP contribution in [0.25, 0.3) is 0 Å². The van der Waals surface area contributed by atoms with E-state index in [1.165, 1.54) is 6.20 Å². The summed E-state index contributed by atoms with van der Waals surface area (Å²) < 4.78 is 31.4. The summed E-state index contributed by atoms with van der Waals surface area (Å²) in [6.07, 6.45) is 4.08. The van der Waals surface area contributed by atoms with Crippen LogP contribution in [0.2, 0.25) is 0 Å². The summed E-state index contributed by atoms with van der Waals surface area (Å²) in [6, 6.07) is 1.68. The van der Waals surface area contributed by atoms with Gasteiger partial charge in [0.05, 0.1) is 24.7 Å². The molecule has 0 bridgehead atoms. The van der Waals surface area contributed by atoms with E-state index >= 15 is 0 Å². The highest BCUT2D eigenvalue weighted by Gasteiger charge is 2.34. The molecule has 1 saturated carbocycles. The summed E-state index contributed by atoms with van der Waals surface area (Å²) in [6.45, 7) is 0.460. The molecular weight excluding hydrogens is 226 g/mol. The number of anilines is 1. The van der Waals surface area contributed by atoms with Gasteiger partial charge in [-0.25, -0.2) is 8.78 Å². The zero-order chi connectivity index (χ0) is 12.3. The lowest BCUT2D eigenvalue weighted by atomic mass is 9.87. The molecule has 1 aliphatic rings. The second-order valence-corrected chi connectivity index (χ2v) is 4.56. The van der Waals surface area contributed by atoms with Crippen LogP contribution in [0.1, 0.15) is 25.7 Å². The summed E-state index contributed by atoms with van der Waals surface area (Å²) >= 11 is 0. The monoisotopic (exact) mass is 242 g/mol. The summed E-state index contributed by atoms with van der Waals surface area (Å²) in [5.41, 5.74) is 6.10. The Hall–Kier alpha value is -1.39.